The Balaban J connectivity index is 1.51. The maximum absolute atomic E-state index is 13.5. The smallest absolute Gasteiger partial charge is 0.280 e. The highest BCUT2D eigenvalue weighted by Crippen LogP contribution is 2.28. The van der Waals surface area contributed by atoms with Crippen LogP contribution < -0.4 is 4.74 Å². The second-order valence-corrected chi connectivity index (χ2v) is 4.97. The Morgan fingerprint density at radius 1 is 1.17 bits per heavy atom. The van der Waals surface area contributed by atoms with Crippen molar-refractivity contribution in [3.63, 3.8) is 0 Å². The van der Waals surface area contributed by atoms with Gasteiger partial charge in [0.25, 0.3) is 5.89 Å². The molecule has 4 rings (SSSR count). The van der Waals surface area contributed by atoms with Gasteiger partial charge in [0, 0.05) is 6.42 Å². The molecule has 0 spiro atoms. The van der Waals surface area contributed by atoms with Crippen molar-refractivity contribution in [3.05, 3.63) is 47.2 Å². The van der Waals surface area contributed by atoms with Crippen LogP contribution in [0.2, 0.25) is 0 Å². The van der Waals surface area contributed by atoms with Crippen molar-refractivity contribution in [2.24, 2.45) is 0 Å². The van der Waals surface area contributed by atoms with Gasteiger partial charge in [-0.15, -0.1) is 0 Å². The number of fused-ring (bicyclic) bond motifs is 1. The summed E-state index contributed by atoms with van der Waals surface area (Å²) in [5, 5.41) is 7.77. The normalized spacial score (nSPS) is 13.8. The predicted octanol–water partition coefficient (Wildman–Crippen LogP) is 2.52. The highest BCUT2D eigenvalue weighted by atomic mass is 19.1. The lowest BCUT2D eigenvalue weighted by Crippen LogP contribution is -2.08. The highest BCUT2D eigenvalue weighted by molar-refractivity contribution is 5.53. The van der Waals surface area contributed by atoms with Crippen LogP contribution in [0, 0.1) is 5.82 Å². The van der Waals surface area contributed by atoms with Crippen LogP contribution in [0.1, 0.15) is 17.1 Å². The molecule has 0 unspecified atom stereocenters. The zero-order valence-electron chi connectivity index (χ0n) is 12.0. The van der Waals surface area contributed by atoms with Crippen LogP contribution in [0.4, 0.5) is 4.39 Å². The molecule has 0 N–H and O–H groups in total. The Kier molecular flexibility index (Phi) is 3.51. The van der Waals surface area contributed by atoms with Crippen LogP contribution in [0.5, 0.6) is 5.75 Å². The van der Waals surface area contributed by atoms with Crippen molar-refractivity contribution in [2.75, 3.05) is 6.61 Å². The van der Waals surface area contributed by atoms with Gasteiger partial charge in [-0.3, -0.25) is 0 Å². The zero-order chi connectivity index (χ0) is 15.6. The second kappa shape index (κ2) is 5.81. The van der Waals surface area contributed by atoms with Crippen LogP contribution in [0.25, 0.3) is 11.6 Å². The van der Waals surface area contributed by atoms with Crippen molar-refractivity contribution < 1.29 is 22.9 Å². The minimum absolute atomic E-state index is 0.0129. The topological polar surface area (TPSA) is 83.4 Å². The Hall–Kier alpha value is -2.74. The van der Waals surface area contributed by atoms with Gasteiger partial charge in [-0.2, -0.15) is 4.98 Å². The highest BCUT2D eigenvalue weighted by Gasteiger charge is 2.24. The fourth-order valence-electron chi connectivity index (χ4n) is 2.31. The van der Waals surface area contributed by atoms with Gasteiger partial charge < -0.3 is 18.5 Å². The van der Waals surface area contributed by atoms with Gasteiger partial charge >= 0.3 is 0 Å². The van der Waals surface area contributed by atoms with E-state index in [1.54, 1.807) is 12.1 Å². The summed E-state index contributed by atoms with van der Waals surface area (Å²) in [6.07, 6.45) is 0.666. The molecule has 0 radical (unpaired) electrons. The molecular formula is C15H12FN3O4. The van der Waals surface area contributed by atoms with E-state index in [1.807, 2.05) is 0 Å². The van der Waals surface area contributed by atoms with E-state index in [2.05, 4.69) is 15.3 Å². The number of hydrogen-bond donors (Lipinski definition) is 0. The minimum Gasteiger partial charge on any atom is -0.482 e. The summed E-state index contributed by atoms with van der Waals surface area (Å²) in [6.45, 7) is 0.992. The Bertz CT molecular complexity index is 830. The maximum Gasteiger partial charge on any atom is 0.280 e. The fraction of sp³-hybridized carbons (Fsp3) is 0.267. The van der Waals surface area contributed by atoms with Crippen LogP contribution in [0.3, 0.4) is 0 Å². The van der Waals surface area contributed by atoms with Crippen molar-refractivity contribution in [1.82, 2.24) is 15.3 Å². The molecule has 1 aliphatic heterocycles. The summed E-state index contributed by atoms with van der Waals surface area (Å²) in [4.78, 5) is 4.20. The molecule has 0 amide bonds. The van der Waals surface area contributed by atoms with E-state index in [4.69, 9.17) is 18.5 Å². The number of hydrogen-bond acceptors (Lipinski definition) is 7. The first kappa shape index (κ1) is 13.9. The first-order valence-corrected chi connectivity index (χ1v) is 7.06. The molecule has 0 bridgehead atoms. The predicted molar refractivity (Wildman–Crippen MR) is 73.9 cm³/mol. The van der Waals surface area contributed by atoms with Gasteiger partial charge in [-0.25, -0.2) is 4.39 Å². The van der Waals surface area contributed by atoms with Crippen molar-refractivity contribution in [3.8, 4) is 17.3 Å². The van der Waals surface area contributed by atoms with E-state index in [1.165, 1.54) is 12.1 Å². The van der Waals surface area contributed by atoms with Crippen molar-refractivity contribution in [1.29, 1.82) is 0 Å². The lowest BCUT2D eigenvalue weighted by atomic mass is 10.1. The molecule has 3 aromatic rings. The minimum atomic E-state index is -0.445. The SMILES string of the molecule is Fc1ccccc1OCc1noc(-c2noc3c2COCC3)n1. The van der Waals surface area contributed by atoms with Gasteiger partial charge in [-0.05, 0) is 12.1 Å². The van der Waals surface area contributed by atoms with Crippen LogP contribution in [0.15, 0.2) is 33.3 Å². The van der Waals surface area contributed by atoms with E-state index >= 15 is 0 Å². The molecule has 8 heteroatoms. The molecule has 0 atom stereocenters. The van der Waals surface area contributed by atoms with E-state index in [0.29, 0.717) is 25.3 Å². The third kappa shape index (κ3) is 2.68. The third-order valence-electron chi connectivity index (χ3n) is 3.45. The first-order valence-electron chi connectivity index (χ1n) is 7.06. The summed E-state index contributed by atoms with van der Waals surface area (Å²) < 4.78 is 34.6. The van der Waals surface area contributed by atoms with Crippen LogP contribution >= 0.6 is 0 Å². The summed E-state index contributed by atoms with van der Waals surface area (Å²) in [6, 6.07) is 6.12. The van der Waals surface area contributed by atoms with Crippen molar-refractivity contribution in [2.45, 2.75) is 19.6 Å². The zero-order valence-corrected chi connectivity index (χ0v) is 12.0. The largest absolute Gasteiger partial charge is 0.482 e. The molecule has 3 heterocycles. The molecule has 0 saturated heterocycles. The fourth-order valence-corrected chi connectivity index (χ4v) is 2.31. The first-order chi connectivity index (χ1) is 11.3. The molecule has 1 aliphatic rings. The van der Waals surface area contributed by atoms with Gasteiger partial charge in [-0.1, -0.05) is 22.4 Å². The number of rotatable bonds is 4. The van der Waals surface area contributed by atoms with Gasteiger partial charge in [0.05, 0.1) is 18.8 Å². The molecule has 23 heavy (non-hydrogen) atoms. The van der Waals surface area contributed by atoms with E-state index in [9.17, 15) is 4.39 Å². The summed E-state index contributed by atoms with van der Waals surface area (Å²) in [5.41, 5.74) is 1.30. The summed E-state index contributed by atoms with van der Waals surface area (Å²) in [7, 11) is 0. The van der Waals surface area contributed by atoms with E-state index in [0.717, 1.165) is 11.3 Å². The lowest BCUT2D eigenvalue weighted by molar-refractivity contribution is 0.103. The van der Waals surface area contributed by atoms with E-state index in [-0.39, 0.29) is 24.1 Å². The maximum atomic E-state index is 13.5. The number of ether oxygens (including phenoxy) is 2. The number of benzene rings is 1. The standard InChI is InChI=1S/C15H12FN3O4/c16-10-3-1-2-4-12(10)21-8-13-17-15(23-18-13)14-9-7-20-6-5-11(9)22-19-14/h1-4H,5-8H2. The van der Waals surface area contributed by atoms with Gasteiger partial charge in [0.2, 0.25) is 5.82 Å². The number of para-hydroxylation sites is 1. The molecule has 0 aliphatic carbocycles. The van der Waals surface area contributed by atoms with Crippen LogP contribution in [-0.2, 0) is 24.4 Å². The molecule has 1 aromatic carbocycles. The Morgan fingerprint density at radius 3 is 3.00 bits per heavy atom. The summed E-state index contributed by atoms with van der Waals surface area (Å²) in [5.74, 6) is 0.975. The lowest BCUT2D eigenvalue weighted by Gasteiger charge is -2.09. The van der Waals surface area contributed by atoms with Gasteiger partial charge in [0.1, 0.15) is 5.76 Å². The molecule has 2 aromatic heterocycles. The molecule has 0 saturated carbocycles. The second-order valence-electron chi connectivity index (χ2n) is 4.97. The quantitative estimate of drug-likeness (QED) is 0.731. The van der Waals surface area contributed by atoms with Gasteiger partial charge in [0.15, 0.2) is 23.9 Å². The molecule has 118 valence electrons. The van der Waals surface area contributed by atoms with Crippen molar-refractivity contribution >= 4 is 0 Å². The summed E-state index contributed by atoms with van der Waals surface area (Å²) >= 11 is 0. The number of aromatic nitrogens is 3. The Labute approximate surface area is 130 Å². The molecular weight excluding hydrogens is 305 g/mol. The Morgan fingerprint density at radius 2 is 2.09 bits per heavy atom. The average molecular weight is 317 g/mol. The van der Waals surface area contributed by atoms with E-state index < -0.39 is 5.82 Å². The third-order valence-corrected chi connectivity index (χ3v) is 3.45. The average Bonchev–Trinajstić information content (AvgIpc) is 3.20. The van der Waals surface area contributed by atoms with Crippen LogP contribution in [-0.4, -0.2) is 21.9 Å². The number of nitrogens with zero attached hydrogens (tertiary/aromatic N) is 3. The molecule has 0 fully saturated rings. The number of halogens is 1. The molecule has 7 nitrogen and oxygen atoms in total. The monoisotopic (exact) mass is 317 g/mol.